The highest BCUT2D eigenvalue weighted by Crippen LogP contribution is 2.25. The minimum Gasteiger partial charge on any atom is -0.369 e. The molecule has 1 aliphatic carbocycles. The van der Waals surface area contributed by atoms with Crippen LogP contribution in [0.25, 0.3) is 0 Å². The van der Waals surface area contributed by atoms with Gasteiger partial charge in [0.05, 0.1) is 30.6 Å². The molecule has 2 aromatic heterocycles. The Morgan fingerprint density at radius 3 is 2.71 bits per heavy atom. The van der Waals surface area contributed by atoms with E-state index in [1.54, 1.807) is 6.20 Å². The molecule has 0 aromatic carbocycles. The Hall–Kier alpha value is -2.25. The van der Waals surface area contributed by atoms with Gasteiger partial charge in [0.2, 0.25) is 5.91 Å². The van der Waals surface area contributed by atoms with Gasteiger partial charge < -0.3 is 9.64 Å². The molecule has 7 heteroatoms. The quantitative estimate of drug-likeness (QED) is 0.682. The first-order chi connectivity index (χ1) is 15.1. The van der Waals surface area contributed by atoms with E-state index >= 15 is 0 Å². The zero-order chi connectivity index (χ0) is 21.6. The lowest BCUT2D eigenvalue weighted by Crippen LogP contribution is -2.45. The molecule has 3 heterocycles. The summed E-state index contributed by atoms with van der Waals surface area (Å²) in [5.41, 5.74) is 3.15. The summed E-state index contributed by atoms with van der Waals surface area (Å²) in [6.07, 6.45) is 9.81. The molecule has 31 heavy (non-hydrogen) atoms. The van der Waals surface area contributed by atoms with Crippen LogP contribution in [0, 0.1) is 6.92 Å². The average Bonchev–Trinajstić information content (AvgIpc) is 3.07. The maximum absolute atomic E-state index is 13.3. The minimum absolute atomic E-state index is 0.0306. The molecular weight excluding hydrogens is 390 g/mol. The Morgan fingerprint density at radius 2 is 2.00 bits per heavy atom. The molecule has 0 radical (unpaired) electrons. The van der Waals surface area contributed by atoms with Crippen LogP contribution >= 0.6 is 0 Å². The van der Waals surface area contributed by atoms with Crippen LogP contribution in [0.4, 0.5) is 0 Å². The van der Waals surface area contributed by atoms with Crippen LogP contribution < -0.4 is 0 Å². The molecule has 2 fully saturated rings. The fraction of sp³-hybridized carbons (Fsp3) is 0.625. The predicted molar refractivity (Wildman–Crippen MR) is 119 cm³/mol. The van der Waals surface area contributed by atoms with Crippen molar-refractivity contribution in [2.75, 3.05) is 19.6 Å². The summed E-state index contributed by atoms with van der Waals surface area (Å²) >= 11 is 0. The molecule has 1 saturated carbocycles. The van der Waals surface area contributed by atoms with Crippen LogP contribution in [-0.2, 0) is 29.2 Å². The Morgan fingerprint density at radius 1 is 1.16 bits per heavy atom. The Labute approximate surface area is 185 Å². The summed E-state index contributed by atoms with van der Waals surface area (Å²) in [4.78, 5) is 22.0. The molecule has 168 valence electrons. The second-order valence-electron chi connectivity index (χ2n) is 8.86. The smallest absolute Gasteiger partial charge is 0.237 e. The number of hydrogen-bond donors (Lipinski definition) is 0. The van der Waals surface area contributed by atoms with E-state index in [9.17, 15) is 4.79 Å². The van der Waals surface area contributed by atoms with Crippen molar-refractivity contribution < 1.29 is 9.53 Å². The molecule has 0 bridgehead atoms. The van der Waals surface area contributed by atoms with Crippen molar-refractivity contribution in [2.24, 2.45) is 0 Å². The van der Waals surface area contributed by atoms with E-state index in [1.165, 1.54) is 24.8 Å². The number of rotatable bonds is 7. The summed E-state index contributed by atoms with van der Waals surface area (Å²) in [5.74, 6) is 0.233. The van der Waals surface area contributed by atoms with Gasteiger partial charge >= 0.3 is 0 Å². The number of aryl methyl sites for hydroxylation is 2. The molecule has 7 nitrogen and oxygen atoms in total. The molecule has 1 saturated heterocycles. The van der Waals surface area contributed by atoms with Gasteiger partial charge in [-0.05, 0) is 38.8 Å². The number of ether oxygens (including phenoxy) is 1. The van der Waals surface area contributed by atoms with Gasteiger partial charge in [0.1, 0.15) is 0 Å². The van der Waals surface area contributed by atoms with E-state index in [-0.39, 0.29) is 12.0 Å². The lowest BCUT2D eigenvalue weighted by molar-refractivity contribution is -0.135. The van der Waals surface area contributed by atoms with Gasteiger partial charge in [0.25, 0.3) is 0 Å². The molecule has 2 aromatic rings. The summed E-state index contributed by atoms with van der Waals surface area (Å²) in [6, 6.07) is 6.24. The van der Waals surface area contributed by atoms with Crippen molar-refractivity contribution in [2.45, 2.75) is 77.8 Å². The van der Waals surface area contributed by atoms with Crippen LogP contribution in [0.3, 0.4) is 0 Å². The minimum atomic E-state index is -0.0306. The van der Waals surface area contributed by atoms with E-state index in [0.717, 1.165) is 43.9 Å². The number of carbonyl (C=O) groups is 1. The van der Waals surface area contributed by atoms with E-state index < -0.39 is 0 Å². The normalized spacial score (nSPS) is 21.4. The van der Waals surface area contributed by atoms with Crippen molar-refractivity contribution in [3.63, 3.8) is 0 Å². The van der Waals surface area contributed by atoms with Gasteiger partial charge in [-0.15, -0.1) is 0 Å². The van der Waals surface area contributed by atoms with Crippen LogP contribution in [0.1, 0.15) is 56.0 Å². The van der Waals surface area contributed by atoms with E-state index in [1.807, 2.05) is 29.8 Å². The third-order valence-electron chi connectivity index (χ3n) is 6.52. The third-order valence-corrected chi connectivity index (χ3v) is 6.52. The molecule has 1 atom stereocenters. The van der Waals surface area contributed by atoms with Gasteiger partial charge in [-0.2, -0.15) is 5.10 Å². The average molecular weight is 426 g/mol. The molecule has 0 spiro atoms. The second kappa shape index (κ2) is 10.4. The first-order valence-electron chi connectivity index (χ1n) is 11.7. The molecule has 2 aliphatic rings. The zero-order valence-electron chi connectivity index (χ0n) is 18.9. The predicted octanol–water partition coefficient (Wildman–Crippen LogP) is 3.17. The Bertz CT molecular complexity index is 847. The van der Waals surface area contributed by atoms with Crippen molar-refractivity contribution in [3.8, 4) is 0 Å². The highest BCUT2D eigenvalue weighted by atomic mass is 16.5. The van der Waals surface area contributed by atoms with Crippen LogP contribution in [0.15, 0.2) is 30.6 Å². The Kier molecular flexibility index (Phi) is 7.35. The van der Waals surface area contributed by atoms with Gasteiger partial charge in [-0.25, -0.2) is 0 Å². The van der Waals surface area contributed by atoms with Crippen molar-refractivity contribution in [1.29, 1.82) is 0 Å². The number of aromatic nitrogens is 3. The van der Waals surface area contributed by atoms with Gasteiger partial charge in [0.15, 0.2) is 0 Å². The van der Waals surface area contributed by atoms with E-state index in [4.69, 9.17) is 4.74 Å². The standard InChI is InChI=1S/C24H35N5O2/c1-3-28-14-20(19(2)26-28)13-27-15-23(31-18-21-9-7-8-12-25-21)16-29(24(30)17-27)22-10-5-4-6-11-22/h7-9,12,14,22-23H,3-6,10-11,13,15-18H2,1-2H3. The monoisotopic (exact) mass is 425 g/mol. The Balaban J connectivity index is 1.49. The van der Waals surface area contributed by atoms with Gasteiger partial charge in [-0.3, -0.25) is 19.4 Å². The lowest BCUT2D eigenvalue weighted by Gasteiger charge is -2.35. The van der Waals surface area contributed by atoms with Crippen LogP contribution in [0.2, 0.25) is 0 Å². The first-order valence-corrected chi connectivity index (χ1v) is 11.7. The van der Waals surface area contributed by atoms with Crippen LogP contribution in [-0.4, -0.2) is 62.3 Å². The number of amides is 1. The molecule has 1 unspecified atom stereocenters. The molecule has 0 N–H and O–H groups in total. The molecule has 1 amide bonds. The van der Waals surface area contributed by atoms with E-state index in [0.29, 0.717) is 25.7 Å². The number of nitrogens with zero attached hydrogens (tertiary/aromatic N) is 5. The van der Waals surface area contributed by atoms with E-state index in [2.05, 4.69) is 33.0 Å². The number of hydrogen-bond acceptors (Lipinski definition) is 5. The number of carbonyl (C=O) groups excluding carboxylic acids is 1. The number of pyridine rings is 1. The third kappa shape index (κ3) is 5.71. The van der Waals surface area contributed by atoms with Crippen molar-refractivity contribution in [1.82, 2.24) is 24.6 Å². The fourth-order valence-electron chi connectivity index (χ4n) is 4.79. The first kappa shape index (κ1) is 22.0. The summed E-state index contributed by atoms with van der Waals surface area (Å²) in [6.45, 7) is 8.03. The summed E-state index contributed by atoms with van der Waals surface area (Å²) < 4.78 is 8.29. The zero-order valence-corrected chi connectivity index (χ0v) is 18.9. The maximum Gasteiger partial charge on any atom is 0.237 e. The van der Waals surface area contributed by atoms with Crippen LogP contribution in [0.5, 0.6) is 0 Å². The van der Waals surface area contributed by atoms with Crippen molar-refractivity contribution >= 4 is 5.91 Å². The second-order valence-corrected chi connectivity index (χ2v) is 8.86. The maximum atomic E-state index is 13.3. The molecule has 4 rings (SSSR count). The highest BCUT2D eigenvalue weighted by Gasteiger charge is 2.33. The summed E-state index contributed by atoms with van der Waals surface area (Å²) in [5, 5.41) is 4.58. The fourth-order valence-corrected chi connectivity index (χ4v) is 4.79. The van der Waals surface area contributed by atoms with Gasteiger partial charge in [0, 0.05) is 50.2 Å². The van der Waals surface area contributed by atoms with Gasteiger partial charge in [-0.1, -0.05) is 25.3 Å². The molecular formula is C24H35N5O2. The lowest BCUT2D eigenvalue weighted by atomic mass is 9.94. The largest absolute Gasteiger partial charge is 0.369 e. The van der Waals surface area contributed by atoms with Crippen molar-refractivity contribution in [3.05, 3.63) is 47.5 Å². The SMILES string of the molecule is CCn1cc(CN2CC(=O)N(C3CCCCC3)CC(OCc3ccccn3)C2)c(C)n1. The highest BCUT2D eigenvalue weighted by molar-refractivity contribution is 5.79. The molecule has 1 aliphatic heterocycles. The summed E-state index contributed by atoms with van der Waals surface area (Å²) in [7, 11) is 0. The topological polar surface area (TPSA) is 63.5 Å².